The van der Waals surface area contributed by atoms with Gasteiger partial charge in [0.15, 0.2) is 0 Å². The van der Waals surface area contributed by atoms with E-state index >= 15 is 0 Å². The largest absolute Gasteiger partial charge is 0.411 e. The van der Waals surface area contributed by atoms with Gasteiger partial charge in [0.2, 0.25) is 0 Å². The molecule has 0 fully saturated rings. The molecule has 1 aromatic carbocycles. The monoisotopic (exact) mass is 215 g/mol. The second-order valence-electron chi connectivity index (χ2n) is 3.44. The van der Waals surface area contributed by atoms with Crippen molar-refractivity contribution in [3.8, 4) is 0 Å². The summed E-state index contributed by atoms with van der Waals surface area (Å²) in [5.41, 5.74) is -0.104. The molecule has 0 heterocycles. The highest BCUT2D eigenvalue weighted by molar-refractivity contribution is 6.02. The van der Waals surface area contributed by atoms with Gasteiger partial charge in [0.25, 0.3) is 5.92 Å². The number of benzene rings is 1. The number of nitrogens with zero attached hydrogens (tertiary/aromatic N) is 1. The number of halogens is 3. The van der Waals surface area contributed by atoms with Crippen LogP contribution in [-0.2, 0) is 5.92 Å². The Bertz CT molecular complexity index is 429. The minimum Gasteiger partial charge on any atom is -0.411 e. The molecule has 0 saturated carbocycles. The molecular formula is C10H8F3NO. The van der Waals surface area contributed by atoms with Crippen molar-refractivity contribution in [3.63, 3.8) is 0 Å². The first-order valence-electron chi connectivity index (χ1n) is 4.44. The third kappa shape index (κ3) is 1.58. The summed E-state index contributed by atoms with van der Waals surface area (Å²) in [6.45, 7) is 0. The van der Waals surface area contributed by atoms with Crippen LogP contribution in [0.1, 0.15) is 24.0 Å². The first kappa shape index (κ1) is 10.0. The van der Waals surface area contributed by atoms with Crippen molar-refractivity contribution in [2.45, 2.75) is 18.8 Å². The van der Waals surface area contributed by atoms with Gasteiger partial charge in [-0.05, 0) is 24.6 Å². The molecule has 0 unspecified atom stereocenters. The quantitative estimate of drug-likeness (QED) is 0.523. The summed E-state index contributed by atoms with van der Waals surface area (Å²) < 4.78 is 39.6. The first-order valence-corrected chi connectivity index (χ1v) is 4.44. The Kier molecular flexibility index (Phi) is 2.17. The van der Waals surface area contributed by atoms with Crippen LogP contribution in [0.2, 0.25) is 0 Å². The summed E-state index contributed by atoms with van der Waals surface area (Å²) in [6.07, 6.45) is -0.467. The van der Waals surface area contributed by atoms with Crippen molar-refractivity contribution in [2.24, 2.45) is 5.16 Å². The Hall–Kier alpha value is -1.52. The highest BCUT2D eigenvalue weighted by atomic mass is 19.3. The van der Waals surface area contributed by atoms with E-state index in [1.54, 1.807) is 0 Å². The normalized spacial score (nSPS) is 21.4. The van der Waals surface area contributed by atoms with Gasteiger partial charge in [-0.1, -0.05) is 5.16 Å². The average Bonchev–Trinajstić information content (AvgIpc) is 2.19. The molecule has 2 nitrogen and oxygen atoms in total. The first-order chi connectivity index (χ1) is 7.04. The van der Waals surface area contributed by atoms with E-state index in [1.165, 1.54) is 6.07 Å². The number of rotatable bonds is 0. The Balaban J connectivity index is 2.64. The van der Waals surface area contributed by atoms with E-state index in [1.807, 2.05) is 0 Å². The van der Waals surface area contributed by atoms with Crippen LogP contribution in [0.5, 0.6) is 0 Å². The lowest BCUT2D eigenvalue weighted by Crippen LogP contribution is -2.25. The maximum Gasteiger partial charge on any atom is 0.274 e. The zero-order valence-corrected chi connectivity index (χ0v) is 7.67. The summed E-state index contributed by atoms with van der Waals surface area (Å²) in [4.78, 5) is 0. The van der Waals surface area contributed by atoms with E-state index in [2.05, 4.69) is 5.16 Å². The van der Waals surface area contributed by atoms with E-state index < -0.39 is 23.7 Å². The third-order valence-electron chi connectivity index (χ3n) is 2.48. The van der Waals surface area contributed by atoms with Crippen LogP contribution in [0.25, 0.3) is 0 Å². The summed E-state index contributed by atoms with van der Waals surface area (Å²) in [5.74, 6) is -3.77. The Morgan fingerprint density at radius 3 is 2.73 bits per heavy atom. The lowest BCUT2D eigenvalue weighted by molar-refractivity contribution is -0.0144. The summed E-state index contributed by atoms with van der Waals surface area (Å²) in [7, 11) is 0. The second-order valence-corrected chi connectivity index (χ2v) is 3.44. The van der Waals surface area contributed by atoms with Gasteiger partial charge in [0, 0.05) is 17.5 Å². The molecule has 2 rings (SSSR count). The van der Waals surface area contributed by atoms with Crippen LogP contribution >= 0.6 is 0 Å². The molecule has 0 amide bonds. The molecule has 0 aliphatic heterocycles. The molecule has 1 aromatic rings. The highest BCUT2D eigenvalue weighted by Gasteiger charge is 2.39. The highest BCUT2D eigenvalue weighted by Crippen LogP contribution is 2.40. The average molecular weight is 215 g/mol. The topological polar surface area (TPSA) is 32.6 Å². The number of fused-ring (bicyclic) bond motifs is 1. The van der Waals surface area contributed by atoms with Crippen molar-refractivity contribution in [1.29, 1.82) is 0 Å². The molecule has 0 spiro atoms. The Morgan fingerprint density at radius 2 is 2.07 bits per heavy atom. The zero-order valence-electron chi connectivity index (χ0n) is 7.67. The standard InChI is InChI=1S/C10H8F3NO/c11-6-1-2-7-8(5-6)10(12,13)4-3-9(7)14-15/h1-2,5,15H,3-4H2. The number of oxime groups is 1. The molecular weight excluding hydrogens is 207 g/mol. The molecule has 0 radical (unpaired) electrons. The molecule has 1 aliphatic rings. The number of hydrogen-bond donors (Lipinski definition) is 1. The molecule has 1 aliphatic carbocycles. The second kappa shape index (κ2) is 3.25. The van der Waals surface area contributed by atoms with Gasteiger partial charge in [-0.2, -0.15) is 0 Å². The summed E-state index contributed by atoms with van der Waals surface area (Å²) in [6, 6.07) is 3.08. The van der Waals surface area contributed by atoms with E-state index in [9.17, 15) is 13.2 Å². The summed E-state index contributed by atoms with van der Waals surface area (Å²) in [5, 5.41) is 11.6. The van der Waals surface area contributed by atoms with Gasteiger partial charge in [0.1, 0.15) is 5.82 Å². The molecule has 80 valence electrons. The number of hydrogen-bond acceptors (Lipinski definition) is 2. The molecule has 0 saturated heterocycles. The van der Waals surface area contributed by atoms with E-state index in [-0.39, 0.29) is 17.7 Å². The number of alkyl halides is 2. The van der Waals surface area contributed by atoms with E-state index in [0.29, 0.717) is 0 Å². The van der Waals surface area contributed by atoms with Gasteiger partial charge < -0.3 is 5.21 Å². The van der Waals surface area contributed by atoms with Crippen molar-refractivity contribution in [2.75, 3.05) is 0 Å². The molecule has 15 heavy (non-hydrogen) atoms. The van der Waals surface area contributed by atoms with E-state index in [0.717, 1.165) is 12.1 Å². The fourth-order valence-corrected chi connectivity index (χ4v) is 1.72. The zero-order chi connectivity index (χ0) is 11.1. The fourth-order valence-electron chi connectivity index (χ4n) is 1.72. The Labute approximate surface area is 84.0 Å². The van der Waals surface area contributed by atoms with Crippen LogP contribution < -0.4 is 0 Å². The van der Waals surface area contributed by atoms with Crippen molar-refractivity contribution >= 4 is 5.71 Å². The maximum absolute atomic E-state index is 13.4. The molecule has 1 N–H and O–H groups in total. The summed E-state index contributed by atoms with van der Waals surface area (Å²) >= 11 is 0. The fraction of sp³-hybridized carbons (Fsp3) is 0.300. The van der Waals surface area contributed by atoms with E-state index in [4.69, 9.17) is 5.21 Å². The van der Waals surface area contributed by atoms with Crippen LogP contribution in [-0.4, -0.2) is 10.9 Å². The van der Waals surface area contributed by atoms with Gasteiger partial charge in [-0.3, -0.25) is 0 Å². The van der Waals surface area contributed by atoms with Crippen molar-refractivity contribution < 1.29 is 18.4 Å². The van der Waals surface area contributed by atoms with Crippen molar-refractivity contribution in [1.82, 2.24) is 0 Å². The predicted molar refractivity (Wildman–Crippen MR) is 47.9 cm³/mol. The predicted octanol–water partition coefficient (Wildman–Crippen LogP) is 2.89. The molecule has 0 bridgehead atoms. The molecule has 0 aromatic heterocycles. The van der Waals surface area contributed by atoms with Crippen molar-refractivity contribution in [3.05, 3.63) is 35.1 Å². The SMILES string of the molecule is ON=C1CCC(F)(F)c2cc(F)ccc21. The van der Waals surface area contributed by atoms with Gasteiger partial charge in [-0.15, -0.1) is 0 Å². The van der Waals surface area contributed by atoms with Crippen LogP contribution in [0, 0.1) is 5.82 Å². The minimum absolute atomic E-state index is 0.0118. The third-order valence-corrected chi connectivity index (χ3v) is 2.48. The minimum atomic E-state index is -3.05. The molecule has 5 heteroatoms. The maximum atomic E-state index is 13.4. The molecule has 0 atom stereocenters. The van der Waals surface area contributed by atoms with Gasteiger partial charge >= 0.3 is 0 Å². The Morgan fingerprint density at radius 1 is 1.33 bits per heavy atom. The van der Waals surface area contributed by atoms with Gasteiger partial charge in [-0.25, -0.2) is 13.2 Å². The van der Waals surface area contributed by atoms with Gasteiger partial charge in [0.05, 0.1) is 5.71 Å². The van der Waals surface area contributed by atoms with Crippen LogP contribution in [0.3, 0.4) is 0 Å². The lowest BCUT2D eigenvalue weighted by atomic mass is 9.87. The lowest BCUT2D eigenvalue weighted by Gasteiger charge is -2.25. The van der Waals surface area contributed by atoms with Crippen LogP contribution in [0.4, 0.5) is 13.2 Å². The van der Waals surface area contributed by atoms with Crippen LogP contribution in [0.15, 0.2) is 23.4 Å². The smallest absolute Gasteiger partial charge is 0.274 e.